The minimum Gasteiger partial charge on any atom is -0.391 e. The van der Waals surface area contributed by atoms with E-state index in [1.54, 1.807) is 6.33 Å². The second-order valence-corrected chi connectivity index (χ2v) is 3.29. The highest BCUT2D eigenvalue weighted by Gasteiger charge is 2.22. The Labute approximate surface area is 75.2 Å². The Hall–Kier alpha value is -0.740. The molecular weight excluding hydrogens is 178 g/mol. The molecule has 2 heterocycles. The van der Waals surface area contributed by atoms with Gasteiger partial charge in [0, 0.05) is 13.1 Å². The van der Waals surface area contributed by atoms with Crippen molar-refractivity contribution >= 4 is 17.4 Å². The van der Waals surface area contributed by atoms with Gasteiger partial charge in [-0.3, -0.25) is 0 Å². The SMILES string of the molecule is OC1CCN(c2[nH]cnc2Cl)C1. The van der Waals surface area contributed by atoms with Gasteiger partial charge in [0.2, 0.25) is 0 Å². The van der Waals surface area contributed by atoms with E-state index >= 15 is 0 Å². The third-order valence-corrected chi connectivity index (χ3v) is 2.33. The van der Waals surface area contributed by atoms with Crippen molar-refractivity contribution in [2.45, 2.75) is 12.5 Å². The van der Waals surface area contributed by atoms with Crippen molar-refractivity contribution in [3.05, 3.63) is 11.5 Å². The van der Waals surface area contributed by atoms with Gasteiger partial charge in [-0.25, -0.2) is 4.98 Å². The number of hydrogen-bond donors (Lipinski definition) is 2. The van der Waals surface area contributed by atoms with E-state index in [1.165, 1.54) is 0 Å². The van der Waals surface area contributed by atoms with Crippen LogP contribution in [0.15, 0.2) is 6.33 Å². The number of rotatable bonds is 1. The number of aliphatic hydroxyl groups excluding tert-OH is 1. The molecule has 1 aromatic rings. The van der Waals surface area contributed by atoms with Crippen LogP contribution in [0, 0.1) is 0 Å². The van der Waals surface area contributed by atoms with Crippen LogP contribution < -0.4 is 4.90 Å². The number of halogens is 1. The van der Waals surface area contributed by atoms with Gasteiger partial charge in [0.1, 0.15) is 5.82 Å². The summed E-state index contributed by atoms with van der Waals surface area (Å²) in [5.74, 6) is 0.813. The van der Waals surface area contributed by atoms with Crippen LogP contribution in [-0.2, 0) is 0 Å². The maximum absolute atomic E-state index is 9.27. The molecule has 4 nitrogen and oxygen atoms in total. The average molecular weight is 188 g/mol. The predicted molar refractivity (Wildman–Crippen MR) is 46.4 cm³/mol. The van der Waals surface area contributed by atoms with Crippen molar-refractivity contribution in [3.63, 3.8) is 0 Å². The molecule has 2 N–H and O–H groups in total. The van der Waals surface area contributed by atoms with Crippen molar-refractivity contribution in [2.24, 2.45) is 0 Å². The van der Waals surface area contributed by atoms with Crippen molar-refractivity contribution < 1.29 is 5.11 Å². The molecule has 1 unspecified atom stereocenters. The number of nitrogens with one attached hydrogen (secondary N) is 1. The monoisotopic (exact) mass is 187 g/mol. The topological polar surface area (TPSA) is 52.1 Å². The maximum atomic E-state index is 9.27. The van der Waals surface area contributed by atoms with Crippen LogP contribution in [-0.4, -0.2) is 34.3 Å². The molecule has 5 heteroatoms. The molecule has 1 fully saturated rings. The molecule has 0 bridgehead atoms. The zero-order valence-corrected chi connectivity index (χ0v) is 7.25. The lowest BCUT2D eigenvalue weighted by atomic mass is 10.3. The maximum Gasteiger partial charge on any atom is 0.171 e. The van der Waals surface area contributed by atoms with E-state index in [0.717, 1.165) is 18.8 Å². The average Bonchev–Trinajstić information content (AvgIpc) is 2.58. The van der Waals surface area contributed by atoms with Gasteiger partial charge in [-0.1, -0.05) is 11.6 Å². The number of aromatic nitrogens is 2. The first-order valence-electron chi connectivity index (χ1n) is 3.89. The molecule has 1 aromatic heterocycles. The van der Waals surface area contributed by atoms with Crippen molar-refractivity contribution in [3.8, 4) is 0 Å². The zero-order valence-electron chi connectivity index (χ0n) is 6.50. The van der Waals surface area contributed by atoms with Crippen LogP contribution in [0.5, 0.6) is 0 Å². The standard InChI is InChI=1S/C7H10ClN3O/c8-6-7(10-4-9-6)11-2-1-5(12)3-11/h4-5,12H,1-3H2,(H,9,10). The highest BCUT2D eigenvalue weighted by molar-refractivity contribution is 6.31. The highest BCUT2D eigenvalue weighted by Crippen LogP contribution is 2.24. The van der Waals surface area contributed by atoms with Gasteiger partial charge >= 0.3 is 0 Å². The minimum absolute atomic E-state index is 0.232. The van der Waals surface area contributed by atoms with Gasteiger partial charge in [-0.15, -0.1) is 0 Å². The van der Waals surface area contributed by atoms with E-state index in [0.29, 0.717) is 11.7 Å². The predicted octanol–water partition coefficient (Wildman–Crippen LogP) is 0.634. The first kappa shape index (κ1) is 7.89. The summed E-state index contributed by atoms with van der Waals surface area (Å²) < 4.78 is 0. The van der Waals surface area contributed by atoms with E-state index in [4.69, 9.17) is 11.6 Å². The fraction of sp³-hybridized carbons (Fsp3) is 0.571. The normalized spacial score (nSPS) is 23.5. The summed E-state index contributed by atoms with van der Waals surface area (Å²) in [6, 6.07) is 0. The fourth-order valence-electron chi connectivity index (χ4n) is 1.44. The summed E-state index contributed by atoms with van der Waals surface area (Å²) in [7, 11) is 0. The number of hydrogen-bond acceptors (Lipinski definition) is 3. The zero-order chi connectivity index (χ0) is 8.55. The molecular formula is C7H10ClN3O. The van der Waals surface area contributed by atoms with E-state index in [-0.39, 0.29) is 6.10 Å². The van der Waals surface area contributed by atoms with Gasteiger partial charge in [0.05, 0.1) is 12.4 Å². The first-order chi connectivity index (χ1) is 5.77. The third kappa shape index (κ3) is 1.28. The van der Waals surface area contributed by atoms with Gasteiger partial charge in [-0.05, 0) is 6.42 Å². The summed E-state index contributed by atoms with van der Waals surface area (Å²) in [6.07, 6.45) is 2.13. The Morgan fingerprint density at radius 2 is 2.58 bits per heavy atom. The molecule has 0 amide bonds. The number of H-pyrrole nitrogens is 1. The smallest absolute Gasteiger partial charge is 0.171 e. The number of nitrogens with zero attached hydrogens (tertiary/aromatic N) is 2. The molecule has 1 aliphatic heterocycles. The van der Waals surface area contributed by atoms with E-state index < -0.39 is 0 Å². The number of anilines is 1. The Bertz CT molecular complexity index is 275. The first-order valence-corrected chi connectivity index (χ1v) is 4.27. The lowest BCUT2D eigenvalue weighted by molar-refractivity contribution is 0.198. The molecule has 0 radical (unpaired) electrons. The molecule has 66 valence electrons. The second kappa shape index (κ2) is 2.95. The van der Waals surface area contributed by atoms with Crippen LogP contribution in [0.4, 0.5) is 5.82 Å². The number of β-amino-alcohol motifs (C(OH)–C–C–N with tert-alkyl or cyclic N) is 1. The summed E-state index contributed by atoms with van der Waals surface area (Å²) in [6.45, 7) is 1.48. The van der Waals surface area contributed by atoms with Crippen molar-refractivity contribution in [1.29, 1.82) is 0 Å². The Kier molecular flexibility index (Phi) is 1.94. The molecule has 0 aromatic carbocycles. The van der Waals surface area contributed by atoms with Gasteiger partial charge in [0.15, 0.2) is 5.15 Å². The lowest BCUT2D eigenvalue weighted by Gasteiger charge is -2.14. The van der Waals surface area contributed by atoms with E-state index in [2.05, 4.69) is 9.97 Å². The fourth-order valence-corrected chi connectivity index (χ4v) is 1.66. The van der Waals surface area contributed by atoms with Gasteiger partial charge < -0.3 is 15.0 Å². The number of imidazole rings is 1. The van der Waals surface area contributed by atoms with Gasteiger partial charge in [-0.2, -0.15) is 0 Å². The van der Waals surface area contributed by atoms with Crippen LogP contribution in [0.1, 0.15) is 6.42 Å². The molecule has 0 saturated carbocycles. The van der Waals surface area contributed by atoms with Gasteiger partial charge in [0.25, 0.3) is 0 Å². The highest BCUT2D eigenvalue weighted by atomic mass is 35.5. The van der Waals surface area contributed by atoms with Crippen LogP contribution >= 0.6 is 11.6 Å². The Balaban J connectivity index is 2.16. The summed E-state index contributed by atoms with van der Waals surface area (Å²) >= 11 is 5.80. The summed E-state index contributed by atoms with van der Waals surface area (Å²) in [4.78, 5) is 8.81. The molecule has 0 aliphatic carbocycles. The summed E-state index contributed by atoms with van der Waals surface area (Å²) in [5.41, 5.74) is 0. The molecule has 2 rings (SSSR count). The Morgan fingerprint density at radius 1 is 1.75 bits per heavy atom. The van der Waals surface area contributed by atoms with Crippen LogP contribution in [0.25, 0.3) is 0 Å². The molecule has 12 heavy (non-hydrogen) atoms. The molecule has 1 atom stereocenters. The van der Waals surface area contributed by atoms with Crippen LogP contribution in [0.2, 0.25) is 5.15 Å². The number of aromatic amines is 1. The quantitative estimate of drug-likeness (QED) is 0.678. The lowest BCUT2D eigenvalue weighted by Crippen LogP contribution is -2.21. The Morgan fingerprint density at radius 3 is 3.08 bits per heavy atom. The molecule has 1 aliphatic rings. The van der Waals surface area contributed by atoms with Crippen LogP contribution in [0.3, 0.4) is 0 Å². The summed E-state index contributed by atoms with van der Waals surface area (Å²) in [5, 5.41) is 9.75. The molecule has 0 spiro atoms. The third-order valence-electron chi connectivity index (χ3n) is 2.05. The minimum atomic E-state index is -0.232. The van der Waals surface area contributed by atoms with Crippen molar-refractivity contribution in [1.82, 2.24) is 9.97 Å². The van der Waals surface area contributed by atoms with E-state index in [9.17, 15) is 5.11 Å². The van der Waals surface area contributed by atoms with Crippen molar-refractivity contribution in [2.75, 3.05) is 18.0 Å². The second-order valence-electron chi connectivity index (χ2n) is 2.93. The number of aliphatic hydroxyl groups is 1. The van der Waals surface area contributed by atoms with E-state index in [1.807, 2.05) is 4.90 Å². The largest absolute Gasteiger partial charge is 0.391 e. The molecule has 1 saturated heterocycles.